The molecule has 0 saturated heterocycles. The average Bonchev–Trinajstić information content (AvgIpc) is 2.84. The lowest BCUT2D eigenvalue weighted by Crippen LogP contribution is -2.18. The van der Waals surface area contributed by atoms with E-state index in [4.69, 9.17) is 11.6 Å². The van der Waals surface area contributed by atoms with Gasteiger partial charge in [-0.2, -0.15) is 0 Å². The van der Waals surface area contributed by atoms with Crippen molar-refractivity contribution < 1.29 is 5.11 Å². The molecule has 0 saturated carbocycles. The van der Waals surface area contributed by atoms with E-state index < -0.39 is 6.23 Å². The van der Waals surface area contributed by atoms with Crippen LogP contribution in [-0.2, 0) is 0 Å². The van der Waals surface area contributed by atoms with Crippen LogP contribution < -0.4 is 0 Å². The van der Waals surface area contributed by atoms with Crippen LogP contribution in [0.3, 0.4) is 0 Å². The number of hydrogen-bond acceptors (Lipinski definition) is 6. The summed E-state index contributed by atoms with van der Waals surface area (Å²) in [6.07, 6.45) is 0.958. The maximum absolute atomic E-state index is 10.8. The molecular weight excluding hydrogens is 352 g/mol. The summed E-state index contributed by atoms with van der Waals surface area (Å²) in [4.78, 5) is 13.3. The van der Waals surface area contributed by atoms with Gasteiger partial charge in [-0.15, -0.1) is 0 Å². The Bertz CT molecular complexity index is 957. The van der Waals surface area contributed by atoms with Gasteiger partial charge in [-0.1, -0.05) is 23.4 Å². The first-order chi connectivity index (χ1) is 11.0. The Morgan fingerprint density at radius 2 is 1.96 bits per heavy atom. The number of aliphatic hydroxyl groups excluding tert-OH is 1. The molecule has 1 unspecified atom stereocenters. The molecule has 0 radical (unpaired) electrons. The second kappa shape index (κ2) is 5.37. The SMILES string of the molecule is CSc1nc(Cl)c2c(n1)Sc1nc3cc(C)c(C)cc3n1C2O. The zero-order chi connectivity index (χ0) is 16.3. The van der Waals surface area contributed by atoms with E-state index in [1.807, 2.05) is 25.3 Å². The van der Waals surface area contributed by atoms with E-state index in [-0.39, 0.29) is 5.15 Å². The predicted octanol–water partition coefficient (Wildman–Crippen LogP) is 3.82. The lowest BCUT2D eigenvalue weighted by molar-refractivity contribution is 0.134. The molecule has 3 aromatic rings. The second-order valence-corrected chi connectivity index (χ2v) is 7.47. The second-order valence-electron chi connectivity index (χ2n) is 5.39. The van der Waals surface area contributed by atoms with Crippen LogP contribution >= 0.6 is 35.1 Å². The van der Waals surface area contributed by atoms with Gasteiger partial charge in [0.2, 0.25) is 0 Å². The van der Waals surface area contributed by atoms with E-state index in [1.165, 1.54) is 29.1 Å². The van der Waals surface area contributed by atoms with E-state index >= 15 is 0 Å². The highest BCUT2D eigenvalue weighted by atomic mass is 35.5. The Balaban J connectivity index is 1.97. The Hall–Kier alpha value is -1.28. The summed E-state index contributed by atoms with van der Waals surface area (Å²) in [5.74, 6) is 0. The van der Waals surface area contributed by atoms with Crippen LogP contribution in [0.25, 0.3) is 11.0 Å². The Labute approximate surface area is 146 Å². The first-order valence-corrected chi connectivity index (χ1v) is 9.38. The molecule has 0 amide bonds. The van der Waals surface area contributed by atoms with Gasteiger partial charge in [0.15, 0.2) is 16.5 Å². The molecule has 1 aliphatic heterocycles. The zero-order valence-electron chi connectivity index (χ0n) is 12.7. The monoisotopic (exact) mass is 364 g/mol. The summed E-state index contributed by atoms with van der Waals surface area (Å²) in [6, 6.07) is 4.08. The number of imidazole rings is 1. The molecule has 0 spiro atoms. The van der Waals surface area contributed by atoms with Crippen molar-refractivity contribution in [1.29, 1.82) is 0 Å². The summed E-state index contributed by atoms with van der Waals surface area (Å²) >= 11 is 9.12. The van der Waals surface area contributed by atoms with Crippen LogP contribution in [-0.4, -0.2) is 30.9 Å². The largest absolute Gasteiger partial charge is 0.369 e. The highest BCUT2D eigenvalue weighted by Crippen LogP contribution is 2.44. The summed E-state index contributed by atoms with van der Waals surface area (Å²) < 4.78 is 1.79. The van der Waals surface area contributed by atoms with Crippen molar-refractivity contribution in [2.75, 3.05) is 6.26 Å². The number of thioether (sulfide) groups is 1. The number of benzene rings is 1. The van der Waals surface area contributed by atoms with E-state index in [0.29, 0.717) is 20.9 Å². The topological polar surface area (TPSA) is 63.8 Å². The molecule has 118 valence electrons. The van der Waals surface area contributed by atoms with Gasteiger partial charge < -0.3 is 5.11 Å². The Morgan fingerprint density at radius 3 is 2.70 bits per heavy atom. The molecule has 0 aliphatic carbocycles. The minimum Gasteiger partial charge on any atom is -0.369 e. The molecule has 1 N–H and O–H groups in total. The van der Waals surface area contributed by atoms with E-state index in [2.05, 4.69) is 21.9 Å². The van der Waals surface area contributed by atoms with E-state index in [1.54, 1.807) is 4.57 Å². The molecule has 1 atom stereocenters. The molecule has 4 rings (SSSR count). The quantitative estimate of drug-likeness (QED) is 0.402. The number of nitrogens with zero attached hydrogens (tertiary/aromatic N) is 4. The molecule has 8 heteroatoms. The number of aliphatic hydroxyl groups is 1. The van der Waals surface area contributed by atoms with Crippen LogP contribution in [0.2, 0.25) is 5.15 Å². The van der Waals surface area contributed by atoms with E-state index in [0.717, 1.165) is 16.6 Å². The minimum absolute atomic E-state index is 0.288. The average molecular weight is 365 g/mol. The number of halogens is 1. The fourth-order valence-electron chi connectivity index (χ4n) is 2.64. The smallest absolute Gasteiger partial charge is 0.189 e. The molecule has 0 fully saturated rings. The van der Waals surface area contributed by atoms with Gasteiger partial charge in [0.05, 0.1) is 16.6 Å². The van der Waals surface area contributed by atoms with Gasteiger partial charge in [0.1, 0.15) is 10.2 Å². The fraction of sp³-hybridized carbons (Fsp3) is 0.267. The highest BCUT2D eigenvalue weighted by molar-refractivity contribution is 7.99. The molecule has 3 heterocycles. The Morgan fingerprint density at radius 1 is 1.22 bits per heavy atom. The van der Waals surface area contributed by atoms with Crippen LogP contribution in [0.4, 0.5) is 0 Å². The van der Waals surface area contributed by atoms with Gasteiger partial charge in [-0.25, -0.2) is 15.0 Å². The number of fused-ring (bicyclic) bond motifs is 4. The standard InChI is InChI=1S/C15H13ClN4OS2/c1-6-4-8-9(5-7(6)2)20-13(21)10-11(16)18-14(22-3)19-12(10)23-15(20)17-8/h4-5,13,21H,1-3H3. The zero-order valence-corrected chi connectivity index (χ0v) is 15.1. The van der Waals surface area contributed by atoms with Crippen molar-refractivity contribution in [2.45, 2.75) is 35.4 Å². The van der Waals surface area contributed by atoms with Gasteiger partial charge in [0.25, 0.3) is 0 Å². The van der Waals surface area contributed by atoms with Crippen molar-refractivity contribution in [3.05, 3.63) is 34.0 Å². The van der Waals surface area contributed by atoms with Gasteiger partial charge in [-0.05, 0) is 55.1 Å². The fourth-order valence-corrected chi connectivity index (χ4v) is 4.50. The molecule has 0 bridgehead atoms. The number of hydrogen-bond donors (Lipinski definition) is 1. The molecule has 1 aliphatic rings. The van der Waals surface area contributed by atoms with Gasteiger partial charge >= 0.3 is 0 Å². The van der Waals surface area contributed by atoms with Crippen molar-refractivity contribution >= 4 is 46.2 Å². The van der Waals surface area contributed by atoms with Gasteiger partial charge in [-0.3, -0.25) is 4.57 Å². The Kier molecular flexibility index (Phi) is 3.57. The summed E-state index contributed by atoms with van der Waals surface area (Å²) in [5.41, 5.74) is 4.62. The van der Waals surface area contributed by atoms with Crippen LogP contribution in [0.5, 0.6) is 0 Å². The molecule has 1 aromatic carbocycles. The third kappa shape index (κ3) is 2.26. The maximum Gasteiger partial charge on any atom is 0.189 e. The predicted molar refractivity (Wildman–Crippen MR) is 92.5 cm³/mol. The van der Waals surface area contributed by atoms with Crippen molar-refractivity contribution in [3.8, 4) is 0 Å². The van der Waals surface area contributed by atoms with E-state index in [9.17, 15) is 5.11 Å². The molecule has 5 nitrogen and oxygen atoms in total. The first-order valence-electron chi connectivity index (χ1n) is 6.96. The highest BCUT2D eigenvalue weighted by Gasteiger charge is 2.31. The summed E-state index contributed by atoms with van der Waals surface area (Å²) in [7, 11) is 0. The van der Waals surface area contributed by atoms with Crippen LogP contribution in [0.1, 0.15) is 22.9 Å². The van der Waals surface area contributed by atoms with Crippen molar-refractivity contribution in [2.24, 2.45) is 0 Å². The first kappa shape index (κ1) is 15.3. The third-order valence-corrected chi connectivity index (χ3v) is 5.80. The molecule has 23 heavy (non-hydrogen) atoms. The lowest BCUT2D eigenvalue weighted by atomic mass is 10.1. The number of aromatic nitrogens is 4. The maximum atomic E-state index is 10.8. The minimum atomic E-state index is -0.934. The number of rotatable bonds is 1. The van der Waals surface area contributed by atoms with Crippen LogP contribution in [0.15, 0.2) is 27.5 Å². The number of aryl methyl sites for hydroxylation is 2. The molecular formula is C15H13ClN4OS2. The molecule has 2 aromatic heterocycles. The van der Waals surface area contributed by atoms with Crippen molar-refractivity contribution in [3.63, 3.8) is 0 Å². The summed E-state index contributed by atoms with van der Waals surface area (Å²) in [5, 5.41) is 13.1. The van der Waals surface area contributed by atoms with Gasteiger partial charge in [0, 0.05) is 0 Å². The summed E-state index contributed by atoms with van der Waals surface area (Å²) in [6.45, 7) is 4.10. The van der Waals surface area contributed by atoms with Crippen molar-refractivity contribution in [1.82, 2.24) is 19.5 Å². The normalized spacial score (nSPS) is 16.5. The van der Waals surface area contributed by atoms with Crippen LogP contribution in [0, 0.1) is 13.8 Å². The lowest BCUT2D eigenvalue weighted by Gasteiger charge is -2.24. The third-order valence-electron chi connectivity index (χ3n) is 3.99.